The van der Waals surface area contributed by atoms with E-state index in [-0.39, 0.29) is 10.6 Å². The molecule has 0 N–H and O–H groups in total. The Hall–Kier alpha value is -2.73. The maximum absolute atomic E-state index is 13.7. The van der Waals surface area contributed by atoms with Crippen LogP contribution in [0.2, 0.25) is 5.02 Å². The minimum absolute atomic E-state index is 0.0667. The number of hydrazone groups is 1. The SMILES string of the molecule is O=C(OCC(=O)N1CCC(c2ccccc2)=N1)c1c(F)cccc1Cl. The van der Waals surface area contributed by atoms with E-state index in [9.17, 15) is 14.0 Å². The molecule has 0 atom stereocenters. The summed E-state index contributed by atoms with van der Waals surface area (Å²) in [5.41, 5.74) is 1.34. The first-order chi connectivity index (χ1) is 12.1. The van der Waals surface area contributed by atoms with Gasteiger partial charge in [-0.05, 0) is 17.7 Å². The highest BCUT2D eigenvalue weighted by Gasteiger charge is 2.24. The molecule has 0 aliphatic carbocycles. The highest BCUT2D eigenvalue weighted by Crippen LogP contribution is 2.20. The fraction of sp³-hybridized carbons (Fsp3) is 0.167. The Labute approximate surface area is 148 Å². The molecule has 1 aliphatic heterocycles. The van der Waals surface area contributed by atoms with Gasteiger partial charge in [0.25, 0.3) is 5.91 Å². The van der Waals surface area contributed by atoms with Gasteiger partial charge in [0.15, 0.2) is 6.61 Å². The van der Waals surface area contributed by atoms with E-state index in [1.807, 2.05) is 30.3 Å². The third kappa shape index (κ3) is 3.85. The van der Waals surface area contributed by atoms with E-state index in [0.717, 1.165) is 17.3 Å². The van der Waals surface area contributed by atoms with Crippen molar-refractivity contribution >= 4 is 29.2 Å². The van der Waals surface area contributed by atoms with Crippen molar-refractivity contribution in [2.45, 2.75) is 6.42 Å². The van der Waals surface area contributed by atoms with Crippen LogP contribution in [0.15, 0.2) is 53.6 Å². The summed E-state index contributed by atoms with van der Waals surface area (Å²) in [6.45, 7) is -0.129. The molecular weight excluding hydrogens is 347 g/mol. The number of carbonyl (C=O) groups excluding carboxylic acids is 2. The van der Waals surface area contributed by atoms with Crippen LogP contribution >= 0.6 is 11.6 Å². The fourth-order valence-corrected chi connectivity index (χ4v) is 2.68. The molecule has 0 bridgehead atoms. The van der Waals surface area contributed by atoms with Crippen molar-refractivity contribution in [3.05, 3.63) is 70.5 Å². The molecule has 5 nitrogen and oxygen atoms in total. The molecule has 0 spiro atoms. The summed E-state index contributed by atoms with van der Waals surface area (Å²) in [6, 6.07) is 13.4. The van der Waals surface area contributed by atoms with Gasteiger partial charge in [-0.15, -0.1) is 0 Å². The van der Waals surface area contributed by atoms with Crippen molar-refractivity contribution in [3.63, 3.8) is 0 Å². The summed E-state index contributed by atoms with van der Waals surface area (Å²) < 4.78 is 18.5. The van der Waals surface area contributed by atoms with Crippen LogP contribution in [0.3, 0.4) is 0 Å². The zero-order chi connectivity index (χ0) is 17.8. The number of carbonyl (C=O) groups is 2. The Balaban J connectivity index is 1.62. The quantitative estimate of drug-likeness (QED) is 0.786. The predicted molar refractivity (Wildman–Crippen MR) is 91.0 cm³/mol. The van der Waals surface area contributed by atoms with Crippen LogP contribution in [0.25, 0.3) is 0 Å². The van der Waals surface area contributed by atoms with Crippen molar-refractivity contribution < 1.29 is 18.7 Å². The van der Waals surface area contributed by atoms with Crippen LogP contribution in [0, 0.1) is 5.82 Å². The molecule has 1 heterocycles. The van der Waals surface area contributed by atoms with Gasteiger partial charge < -0.3 is 4.74 Å². The Morgan fingerprint density at radius 2 is 1.92 bits per heavy atom. The van der Waals surface area contributed by atoms with Crippen molar-refractivity contribution in [1.82, 2.24) is 5.01 Å². The van der Waals surface area contributed by atoms with Crippen molar-refractivity contribution in [1.29, 1.82) is 0 Å². The van der Waals surface area contributed by atoms with Crippen LogP contribution in [-0.4, -0.2) is 35.7 Å². The highest BCUT2D eigenvalue weighted by molar-refractivity contribution is 6.33. The standard InChI is InChI=1S/C18H14ClFN2O3/c19-13-7-4-8-14(20)17(13)18(24)25-11-16(23)22-10-9-15(21-22)12-5-2-1-3-6-12/h1-8H,9-11H2. The van der Waals surface area contributed by atoms with E-state index >= 15 is 0 Å². The predicted octanol–water partition coefficient (Wildman–Crippen LogP) is 3.27. The largest absolute Gasteiger partial charge is 0.452 e. The molecule has 7 heteroatoms. The number of halogens is 2. The number of nitrogens with zero attached hydrogens (tertiary/aromatic N) is 2. The molecule has 0 saturated heterocycles. The summed E-state index contributed by atoms with van der Waals surface area (Å²) in [5, 5.41) is 5.43. The van der Waals surface area contributed by atoms with E-state index in [1.54, 1.807) is 0 Å². The van der Waals surface area contributed by atoms with Crippen LogP contribution in [-0.2, 0) is 9.53 Å². The maximum atomic E-state index is 13.7. The monoisotopic (exact) mass is 360 g/mol. The van der Waals surface area contributed by atoms with Crippen LogP contribution in [0.1, 0.15) is 22.3 Å². The summed E-state index contributed by atoms with van der Waals surface area (Å²) in [5.74, 6) is -2.26. The number of hydrogen-bond donors (Lipinski definition) is 0. The number of amides is 1. The first kappa shape index (κ1) is 17.1. The van der Waals surface area contributed by atoms with Crippen molar-refractivity contribution in [2.75, 3.05) is 13.2 Å². The molecule has 1 amide bonds. The van der Waals surface area contributed by atoms with Gasteiger partial charge in [0.2, 0.25) is 0 Å². The summed E-state index contributed by atoms with van der Waals surface area (Å²) in [4.78, 5) is 24.1. The Morgan fingerprint density at radius 3 is 2.64 bits per heavy atom. The molecule has 128 valence electrons. The van der Waals surface area contributed by atoms with Crippen LogP contribution in [0.5, 0.6) is 0 Å². The lowest BCUT2D eigenvalue weighted by Gasteiger charge is -2.12. The van der Waals surface area contributed by atoms with Gasteiger partial charge in [-0.25, -0.2) is 14.2 Å². The lowest BCUT2D eigenvalue weighted by atomic mass is 10.1. The summed E-state index contributed by atoms with van der Waals surface area (Å²) >= 11 is 5.80. The molecule has 2 aromatic rings. The van der Waals surface area contributed by atoms with E-state index in [2.05, 4.69) is 5.10 Å². The molecule has 0 aromatic heterocycles. The van der Waals surface area contributed by atoms with E-state index in [0.29, 0.717) is 13.0 Å². The van der Waals surface area contributed by atoms with Gasteiger partial charge >= 0.3 is 5.97 Å². The Bertz CT molecular complexity index is 819. The maximum Gasteiger partial charge on any atom is 0.343 e. The molecule has 1 aliphatic rings. The topological polar surface area (TPSA) is 59.0 Å². The molecule has 0 radical (unpaired) electrons. The molecule has 0 fully saturated rings. The third-order valence-electron chi connectivity index (χ3n) is 3.69. The van der Waals surface area contributed by atoms with E-state index < -0.39 is 24.3 Å². The third-order valence-corrected chi connectivity index (χ3v) is 4.01. The molecule has 3 rings (SSSR count). The molecule has 2 aromatic carbocycles. The van der Waals surface area contributed by atoms with E-state index in [1.165, 1.54) is 17.1 Å². The zero-order valence-corrected chi connectivity index (χ0v) is 13.9. The normalized spacial score (nSPS) is 13.5. The number of esters is 1. The summed E-state index contributed by atoms with van der Waals surface area (Å²) in [7, 11) is 0. The average molecular weight is 361 g/mol. The van der Waals surface area contributed by atoms with Gasteiger partial charge in [0, 0.05) is 6.42 Å². The van der Waals surface area contributed by atoms with Gasteiger partial charge in [-0.3, -0.25) is 4.79 Å². The van der Waals surface area contributed by atoms with E-state index in [4.69, 9.17) is 16.3 Å². The first-order valence-electron chi connectivity index (χ1n) is 7.60. The van der Waals surface area contributed by atoms with Gasteiger partial charge in [0.1, 0.15) is 11.4 Å². The highest BCUT2D eigenvalue weighted by atomic mass is 35.5. The van der Waals surface area contributed by atoms with Gasteiger partial charge in [0.05, 0.1) is 17.3 Å². The van der Waals surface area contributed by atoms with Crippen LogP contribution < -0.4 is 0 Å². The smallest absolute Gasteiger partial charge is 0.343 e. The van der Waals surface area contributed by atoms with Crippen LogP contribution in [0.4, 0.5) is 4.39 Å². The molecule has 0 saturated carbocycles. The molecular formula is C18H14ClFN2O3. The zero-order valence-electron chi connectivity index (χ0n) is 13.1. The number of benzene rings is 2. The fourth-order valence-electron chi connectivity index (χ4n) is 2.44. The van der Waals surface area contributed by atoms with Gasteiger partial charge in [-0.1, -0.05) is 48.0 Å². The summed E-state index contributed by atoms with van der Waals surface area (Å²) in [6.07, 6.45) is 0.614. The second kappa shape index (κ2) is 7.44. The minimum atomic E-state index is -0.983. The van der Waals surface area contributed by atoms with Crippen molar-refractivity contribution in [3.8, 4) is 0 Å². The Morgan fingerprint density at radius 1 is 1.16 bits per heavy atom. The second-order valence-corrected chi connectivity index (χ2v) is 5.76. The lowest BCUT2D eigenvalue weighted by Crippen LogP contribution is -2.29. The van der Waals surface area contributed by atoms with Crippen molar-refractivity contribution in [2.24, 2.45) is 5.10 Å². The number of hydrogen-bond acceptors (Lipinski definition) is 4. The van der Waals surface area contributed by atoms with Gasteiger partial charge in [-0.2, -0.15) is 5.10 Å². The molecule has 25 heavy (non-hydrogen) atoms. The Kier molecular flexibility index (Phi) is 5.09. The molecule has 0 unspecified atom stereocenters. The lowest BCUT2D eigenvalue weighted by molar-refractivity contribution is -0.134. The number of rotatable bonds is 4. The minimum Gasteiger partial charge on any atom is -0.452 e. The number of ether oxygens (including phenoxy) is 1. The average Bonchev–Trinajstić information content (AvgIpc) is 3.10. The first-order valence-corrected chi connectivity index (χ1v) is 7.98. The second-order valence-electron chi connectivity index (χ2n) is 5.35.